The van der Waals surface area contributed by atoms with Gasteiger partial charge in [0.2, 0.25) is 5.91 Å². The fraction of sp³-hybridized carbons (Fsp3) is 0.867. The monoisotopic (exact) mass is 300 g/mol. The molecular formula is C15H28N2O4. The molecule has 0 atom stereocenters. The van der Waals surface area contributed by atoms with Gasteiger partial charge < -0.3 is 20.5 Å². The Hall–Kier alpha value is -1.14. The molecule has 0 aromatic carbocycles. The molecule has 0 aromatic heterocycles. The van der Waals surface area contributed by atoms with E-state index in [1.54, 1.807) is 0 Å². The Morgan fingerprint density at radius 2 is 1.76 bits per heavy atom. The van der Waals surface area contributed by atoms with E-state index < -0.39 is 16.9 Å². The first-order valence-corrected chi connectivity index (χ1v) is 7.47. The lowest BCUT2D eigenvalue weighted by molar-refractivity contribution is -0.146. The number of likely N-dealkylation sites (tertiary alicyclic amines) is 1. The Labute approximate surface area is 126 Å². The number of nitrogens with two attached hydrogens (primary N) is 1. The summed E-state index contributed by atoms with van der Waals surface area (Å²) in [5.74, 6) is -0.784. The Bertz CT molecular complexity index is 380. The van der Waals surface area contributed by atoms with Crippen molar-refractivity contribution in [3.8, 4) is 0 Å². The molecule has 3 N–H and O–H groups in total. The fourth-order valence-corrected chi connectivity index (χ4v) is 2.21. The zero-order valence-electron chi connectivity index (χ0n) is 13.5. The normalized spacial score (nSPS) is 17.9. The molecular weight excluding hydrogens is 272 g/mol. The summed E-state index contributed by atoms with van der Waals surface area (Å²) in [5, 5.41) is 8.58. The first kappa shape index (κ1) is 17.9. The van der Waals surface area contributed by atoms with Crippen LogP contribution in [0.3, 0.4) is 0 Å². The number of piperidine rings is 1. The molecule has 122 valence electrons. The molecule has 0 aromatic rings. The first-order chi connectivity index (χ1) is 9.55. The molecule has 6 nitrogen and oxygen atoms in total. The topological polar surface area (TPSA) is 92.9 Å². The maximum Gasteiger partial charge on any atom is 0.305 e. The molecule has 21 heavy (non-hydrogen) atoms. The molecule has 1 aliphatic heterocycles. The first-order valence-electron chi connectivity index (χ1n) is 7.47. The van der Waals surface area contributed by atoms with Crippen molar-refractivity contribution >= 4 is 11.9 Å². The van der Waals surface area contributed by atoms with Gasteiger partial charge in [-0.25, -0.2) is 0 Å². The molecule has 1 amide bonds. The number of hydrogen-bond donors (Lipinski definition) is 2. The molecule has 0 spiro atoms. The van der Waals surface area contributed by atoms with Gasteiger partial charge in [-0.1, -0.05) is 0 Å². The summed E-state index contributed by atoms with van der Waals surface area (Å²) in [5.41, 5.74) is 4.91. The number of aliphatic carboxylic acids is 1. The second-order valence-electron chi connectivity index (χ2n) is 6.85. The largest absolute Gasteiger partial charge is 0.481 e. The summed E-state index contributed by atoms with van der Waals surface area (Å²) in [6, 6.07) is 0. The van der Waals surface area contributed by atoms with E-state index in [0.29, 0.717) is 13.1 Å². The van der Waals surface area contributed by atoms with Crippen LogP contribution >= 0.6 is 0 Å². The molecule has 1 rings (SSSR count). The smallest absolute Gasteiger partial charge is 0.305 e. The number of carbonyl (C=O) groups excluding carboxylic acids is 1. The van der Waals surface area contributed by atoms with Gasteiger partial charge in [0.15, 0.2) is 0 Å². The molecule has 1 fully saturated rings. The highest BCUT2D eigenvalue weighted by Gasteiger charge is 2.43. The van der Waals surface area contributed by atoms with Gasteiger partial charge in [0.1, 0.15) is 0 Å². The minimum atomic E-state index is -0.852. The van der Waals surface area contributed by atoms with E-state index in [1.165, 1.54) is 0 Å². The van der Waals surface area contributed by atoms with Gasteiger partial charge in [-0.05, 0) is 40.5 Å². The lowest BCUT2D eigenvalue weighted by Crippen LogP contribution is -2.57. The molecule has 1 heterocycles. The number of amides is 1. The van der Waals surface area contributed by atoms with E-state index in [1.807, 2.05) is 32.6 Å². The van der Waals surface area contributed by atoms with Crippen LogP contribution in [0.15, 0.2) is 0 Å². The zero-order chi connectivity index (χ0) is 16.3. The summed E-state index contributed by atoms with van der Waals surface area (Å²) in [6.07, 6.45) is 1.55. The second-order valence-corrected chi connectivity index (χ2v) is 6.85. The third-order valence-corrected chi connectivity index (χ3v) is 4.54. The lowest BCUT2D eigenvalue weighted by Gasteiger charge is -2.42. The van der Waals surface area contributed by atoms with Gasteiger partial charge in [-0.2, -0.15) is 0 Å². The lowest BCUT2D eigenvalue weighted by atomic mass is 9.74. The number of carboxylic acids is 1. The Kier molecular flexibility index (Phi) is 5.75. The van der Waals surface area contributed by atoms with Gasteiger partial charge in [0, 0.05) is 18.6 Å². The van der Waals surface area contributed by atoms with Crippen molar-refractivity contribution in [2.24, 2.45) is 11.1 Å². The van der Waals surface area contributed by atoms with Crippen LogP contribution in [0.4, 0.5) is 0 Å². The number of nitrogens with zero attached hydrogens (tertiary/aromatic N) is 1. The van der Waals surface area contributed by atoms with Crippen molar-refractivity contribution in [3.63, 3.8) is 0 Å². The quantitative estimate of drug-likeness (QED) is 0.769. The standard InChI is InChI=1S/C15H28N2O4/c1-14(2,15(3,4)16)13(20)17-8-5-11(6-9-17)21-10-7-12(18)19/h11H,5-10,16H2,1-4H3,(H,18,19). The maximum atomic E-state index is 12.6. The summed E-state index contributed by atoms with van der Waals surface area (Å²) in [7, 11) is 0. The molecule has 0 bridgehead atoms. The van der Waals surface area contributed by atoms with E-state index in [-0.39, 0.29) is 25.0 Å². The summed E-state index contributed by atoms with van der Waals surface area (Å²) >= 11 is 0. The van der Waals surface area contributed by atoms with Crippen molar-refractivity contribution in [2.75, 3.05) is 19.7 Å². The van der Waals surface area contributed by atoms with Crippen molar-refractivity contribution in [3.05, 3.63) is 0 Å². The highest BCUT2D eigenvalue weighted by Crippen LogP contribution is 2.31. The van der Waals surface area contributed by atoms with E-state index in [2.05, 4.69) is 0 Å². The van der Waals surface area contributed by atoms with E-state index in [9.17, 15) is 9.59 Å². The highest BCUT2D eigenvalue weighted by atomic mass is 16.5. The second kappa shape index (κ2) is 6.75. The van der Waals surface area contributed by atoms with Gasteiger partial charge >= 0.3 is 5.97 Å². The number of carbonyl (C=O) groups is 2. The van der Waals surface area contributed by atoms with Crippen LogP contribution in [0, 0.1) is 5.41 Å². The van der Waals surface area contributed by atoms with Crippen LogP contribution in [0.2, 0.25) is 0 Å². The van der Waals surface area contributed by atoms with Crippen LogP contribution in [-0.4, -0.2) is 53.2 Å². The third-order valence-electron chi connectivity index (χ3n) is 4.54. The molecule has 1 saturated heterocycles. The summed E-state index contributed by atoms with van der Waals surface area (Å²) < 4.78 is 5.53. The average Bonchev–Trinajstić information content (AvgIpc) is 2.37. The average molecular weight is 300 g/mol. The van der Waals surface area contributed by atoms with Gasteiger partial charge in [0.25, 0.3) is 0 Å². The highest BCUT2D eigenvalue weighted by molar-refractivity contribution is 5.83. The van der Waals surface area contributed by atoms with Gasteiger partial charge in [0.05, 0.1) is 24.5 Å². The van der Waals surface area contributed by atoms with Crippen molar-refractivity contribution in [1.29, 1.82) is 0 Å². The van der Waals surface area contributed by atoms with Crippen LogP contribution in [0.1, 0.15) is 47.0 Å². The predicted octanol–water partition coefficient (Wildman–Crippen LogP) is 1.23. The molecule has 0 aliphatic carbocycles. The maximum absolute atomic E-state index is 12.6. The number of carboxylic acid groups (broad SMARTS) is 1. The Morgan fingerprint density at radius 1 is 1.24 bits per heavy atom. The third kappa shape index (κ3) is 4.68. The van der Waals surface area contributed by atoms with E-state index in [4.69, 9.17) is 15.6 Å². The fourth-order valence-electron chi connectivity index (χ4n) is 2.21. The molecule has 0 saturated carbocycles. The molecule has 0 radical (unpaired) electrons. The van der Waals surface area contributed by atoms with Crippen LogP contribution in [0.25, 0.3) is 0 Å². The van der Waals surface area contributed by atoms with Gasteiger partial charge in [-0.15, -0.1) is 0 Å². The number of ether oxygens (including phenoxy) is 1. The van der Waals surface area contributed by atoms with Crippen molar-refractivity contribution < 1.29 is 19.4 Å². The SMILES string of the molecule is CC(C)(N)C(C)(C)C(=O)N1CCC(OCCC(=O)O)CC1. The van der Waals surface area contributed by atoms with E-state index >= 15 is 0 Å². The minimum Gasteiger partial charge on any atom is -0.481 e. The van der Waals surface area contributed by atoms with Crippen molar-refractivity contribution in [1.82, 2.24) is 4.90 Å². The Balaban J connectivity index is 2.46. The van der Waals surface area contributed by atoms with E-state index in [0.717, 1.165) is 12.8 Å². The Morgan fingerprint density at radius 3 is 2.19 bits per heavy atom. The zero-order valence-corrected chi connectivity index (χ0v) is 13.5. The molecule has 0 unspecified atom stereocenters. The predicted molar refractivity (Wildman–Crippen MR) is 79.9 cm³/mol. The van der Waals surface area contributed by atoms with Crippen LogP contribution in [-0.2, 0) is 14.3 Å². The molecule has 6 heteroatoms. The number of rotatable bonds is 6. The molecule has 1 aliphatic rings. The minimum absolute atomic E-state index is 0.0214. The number of hydrogen-bond acceptors (Lipinski definition) is 4. The van der Waals surface area contributed by atoms with Crippen molar-refractivity contribution in [2.45, 2.75) is 58.6 Å². The summed E-state index contributed by atoms with van der Waals surface area (Å²) in [6.45, 7) is 9.00. The van der Waals surface area contributed by atoms with Crippen LogP contribution < -0.4 is 5.73 Å². The van der Waals surface area contributed by atoms with Gasteiger partial charge in [-0.3, -0.25) is 9.59 Å². The van der Waals surface area contributed by atoms with Crippen LogP contribution in [0.5, 0.6) is 0 Å². The summed E-state index contributed by atoms with van der Waals surface area (Å²) in [4.78, 5) is 24.9.